The van der Waals surface area contributed by atoms with Crippen LogP contribution in [0.4, 0.5) is 0 Å². The van der Waals surface area contributed by atoms with Gasteiger partial charge < -0.3 is 14.4 Å². The van der Waals surface area contributed by atoms with Crippen molar-refractivity contribution in [2.45, 2.75) is 33.4 Å². The number of hydrogen-bond acceptors (Lipinski definition) is 4. The van der Waals surface area contributed by atoms with Gasteiger partial charge in [0.2, 0.25) is 0 Å². The Labute approximate surface area is 101 Å². The van der Waals surface area contributed by atoms with Gasteiger partial charge in [-0.3, -0.25) is 0 Å². The van der Waals surface area contributed by atoms with E-state index < -0.39 is 0 Å². The molecule has 1 N–H and O–H groups in total. The number of nitrogens with one attached hydrogen (secondary N) is 1. The summed E-state index contributed by atoms with van der Waals surface area (Å²) in [6.07, 6.45) is 4.99. The lowest BCUT2D eigenvalue weighted by Crippen LogP contribution is -2.13. The second kappa shape index (κ2) is 5.63. The number of aromatic nitrogens is 3. The summed E-state index contributed by atoms with van der Waals surface area (Å²) in [5, 5.41) is 7.18. The van der Waals surface area contributed by atoms with Gasteiger partial charge >= 0.3 is 0 Å². The normalized spacial score (nSPS) is 10.9. The lowest BCUT2D eigenvalue weighted by atomic mass is 10.4. The van der Waals surface area contributed by atoms with E-state index in [0.29, 0.717) is 6.54 Å². The zero-order chi connectivity index (χ0) is 12.1. The minimum atomic E-state index is 0.682. The maximum atomic E-state index is 5.16. The van der Waals surface area contributed by atoms with Crippen LogP contribution >= 0.6 is 0 Å². The zero-order valence-electron chi connectivity index (χ0n) is 10.3. The molecule has 0 radical (unpaired) electrons. The van der Waals surface area contributed by atoms with Crippen molar-refractivity contribution >= 4 is 0 Å². The molecule has 0 amide bonds. The van der Waals surface area contributed by atoms with Crippen molar-refractivity contribution in [2.24, 2.45) is 0 Å². The quantitative estimate of drug-likeness (QED) is 0.773. The van der Waals surface area contributed by atoms with Crippen LogP contribution in [0.5, 0.6) is 0 Å². The molecule has 0 aliphatic carbocycles. The van der Waals surface area contributed by atoms with E-state index in [1.807, 2.05) is 30.1 Å². The maximum absolute atomic E-state index is 5.16. The highest BCUT2D eigenvalue weighted by Crippen LogP contribution is 2.05. The van der Waals surface area contributed by atoms with E-state index in [4.69, 9.17) is 4.52 Å². The summed E-state index contributed by atoms with van der Waals surface area (Å²) in [4.78, 5) is 4.33. The van der Waals surface area contributed by atoms with Gasteiger partial charge in [-0.15, -0.1) is 0 Å². The van der Waals surface area contributed by atoms with Crippen molar-refractivity contribution in [3.05, 3.63) is 35.7 Å². The Balaban J connectivity index is 1.89. The van der Waals surface area contributed by atoms with Gasteiger partial charge in [-0.1, -0.05) is 12.1 Å². The Morgan fingerprint density at radius 2 is 2.35 bits per heavy atom. The van der Waals surface area contributed by atoms with Crippen LogP contribution in [0.25, 0.3) is 0 Å². The van der Waals surface area contributed by atoms with Crippen molar-refractivity contribution in [2.75, 3.05) is 6.54 Å². The SMILES string of the molecule is CCCNCc1cn(Cc2cc(C)no2)cn1. The molecule has 0 aliphatic rings. The van der Waals surface area contributed by atoms with E-state index in [0.717, 1.165) is 36.7 Å². The highest BCUT2D eigenvalue weighted by atomic mass is 16.5. The third-order valence-electron chi connectivity index (χ3n) is 2.43. The number of hydrogen-bond donors (Lipinski definition) is 1. The number of rotatable bonds is 6. The molecule has 0 saturated carbocycles. The number of nitrogens with zero attached hydrogens (tertiary/aromatic N) is 3. The van der Waals surface area contributed by atoms with Gasteiger partial charge in [0.15, 0.2) is 5.76 Å². The van der Waals surface area contributed by atoms with Crippen molar-refractivity contribution in [1.82, 2.24) is 20.0 Å². The first kappa shape index (κ1) is 11.9. The second-order valence-electron chi connectivity index (χ2n) is 4.15. The molecule has 2 rings (SSSR count). The van der Waals surface area contributed by atoms with Crippen molar-refractivity contribution in [1.29, 1.82) is 0 Å². The van der Waals surface area contributed by atoms with E-state index in [1.54, 1.807) is 0 Å². The van der Waals surface area contributed by atoms with E-state index in [2.05, 4.69) is 22.4 Å². The molecule has 17 heavy (non-hydrogen) atoms. The summed E-state index contributed by atoms with van der Waals surface area (Å²) >= 11 is 0. The Bertz CT molecular complexity index is 461. The standard InChI is InChI=1S/C12H18N4O/c1-3-4-13-6-11-7-16(9-14-11)8-12-5-10(2)15-17-12/h5,7,9,13H,3-4,6,8H2,1-2H3. The predicted octanol–water partition coefficient (Wildman–Crippen LogP) is 1.73. The highest BCUT2D eigenvalue weighted by molar-refractivity contribution is 5.05. The molecule has 0 aliphatic heterocycles. The zero-order valence-corrected chi connectivity index (χ0v) is 10.3. The third-order valence-corrected chi connectivity index (χ3v) is 2.43. The van der Waals surface area contributed by atoms with Crippen LogP contribution in [0.3, 0.4) is 0 Å². The molecule has 0 saturated heterocycles. The van der Waals surface area contributed by atoms with Gasteiger partial charge in [-0.25, -0.2) is 4.98 Å². The van der Waals surface area contributed by atoms with Gasteiger partial charge in [-0.05, 0) is 19.9 Å². The minimum Gasteiger partial charge on any atom is -0.359 e. The van der Waals surface area contributed by atoms with Gasteiger partial charge in [0.1, 0.15) is 0 Å². The molecule has 5 heteroatoms. The van der Waals surface area contributed by atoms with Crippen LogP contribution in [-0.4, -0.2) is 21.3 Å². The molecule has 0 aromatic carbocycles. The molecule has 92 valence electrons. The summed E-state index contributed by atoms with van der Waals surface area (Å²) < 4.78 is 7.16. The first-order chi connectivity index (χ1) is 8.28. The third kappa shape index (κ3) is 3.42. The molecule has 0 atom stereocenters. The Morgan fingerprint density at radius 3 is 3.06 bits per heavy atom. The molecular formula is C12H18N4O. The van der Waals surface area contributed by atoms with Crippen LogP contribution in [0.2, 0.25) is 0 Å². The fourth-order valence-electron chi connectivity index (χ4n) is 1.65. The predicted molar refractivity (Wildman–Crippen MR) is 64.6 cm³/mol. The molecule has 0 bridgehead atoms. The summed E-state index contributed by atoms with van der Waals surface area (Å²) in [5.74, 6) is 0.855. The first-order valence-electron chi connectivity index (χ1n) is 5.91. The second-order valence-corrected chi connectivity index (χ2v) is 4.15. The van der Waals surface area contributed by atoms with E-state index in [-0.39, 0.29) is 0 Å². The largest absolute Gasteiger partial charge is 0.359 e. The number of aryl methyl sites for hydroxylation is 1. The van der Waals surface area contributed by atoms with Crippen LogP contribution in [0, 0.1) is 6.92 Å². The van der Waals surface area contributed by atoms with Gasteiger partial charge in [-0.2, -0.15) is 0 Å². The lowest BCUT2D eigenvalue weighted by molar-refractivity contribution is 0.373. The monoisotopic (exact) mass is 234 g/mol. The van der Waals surface area contributed by atoms with Crippen LogP contribution in [0.15, 0.2) is 23.1 Å². The summed E-state index contributed by atoms with van der Waals surface area (Å²) in [6.45, 7) is 6.59. The maximum Gasteiger partial charge on any atom is 0.156 e. The molecule has 0 spiro atoms. The molecule has 5 nitrogen and oxygen atoms in total. The molecule has 0 unspecified atom stereocenters. The Morgan fingerprint density at radius 1 is 1.47 bits per heavy atom. The smallest absolute Gasteiger partial charge is 0.156 e. The van der Waals surface area contributed by atoms with Gasteiger partial charge in [0, 0.05) is 18.8 Å². The van der Waals surface area contributed by atoms with Crippen LogP contribution in [0.1, 0.15) is 30.5 Å². The summed E-state index contributed by atoms with van der Waals surface area (Å²) in [7, 11) is 0. The average Bonchev–Trinajstić information content (AvgIpc) is 2.90. The summed E-state index contributed by atoms with van der Waals surface area (Å²) in [6, 6.07) is 1.94. The fraction of sp³-hybridized carbons (Fsp3) is 0.500. The van der Waals surface area contributed by atoms with Gasteiger partial charge in [0.25, 0.3) is 0 Å². The lowest BCUT2D eigenvalue weighted by Gasteiger charge is -1.98. The van der Waals surface area contributed by atoms with Crippen LogP contribution < -0.4 is 5.32 Å². The van der Waals surface area contributed by atoms with Gasteiger partial charge in [0.05, 0.1) is 24.3 Å². The first-order valence-corrected chi connectivity index (χ1v) is 5.91. The molecule has 2 aromatic rings. The molecule has 0 fully saturated rings. The van der Waals surface area contributed by atoms with Crippen molar-refractivity contribution in [3.63, 3.8) is 0 Å². The highest BCUT2D eigenvalue weighted by Gasteiger charge is 2.03. The molecular weight excluding hydrogens is 216 g/mol. The van der Waals surface area contributed by atoms with Crippen molar-refractivity contribution < 1.29 is 4.52 Å². The van der Waals surface area contributed by atoms with E-state index in [9.17, 15) is 0 Å². The number of imidazole rings is 1. The summed E-state index contributed by atoms with van der Waals surface area (Å²) in [5.41, 5.74) is 1.96. The fourth-order valence-corrected chi connectivity index (χ4v) is 1.65. The molecule has 2 aromatic heterocycles. The average molecular weight is 234 g/mol. The van der Waals surface area contributed by atoms with E-state index in [1.165, 1.54) is 0 Å². The molecule has 2 heterocycles. The topological polar surface area (TPSA) is 55.9 Å². The van der Waals surface area contributed by atoms with E-state index >= 15 is 0 Å². The van der Waals surface area contributed by atoms with Crippen molar-refractivity contribution in [3.8, 4) is 0 Å². The Hall–Kier alpha value is -1.62. The minimum absolute atomic E-state index is 0.682. The Kier molecular flexibility index (Phi) is 3.93. The van der Waals surface area contributed by atoms with Crippen LogP contribution in [-0.2, 0) is 13.1 Å².